The van der Waals surface area contributed by atoms with E-state index in [1.807, 2.05) is 38.1 Å². The molecule has 0 unspecified atom stereocenters. The van der Waals surface area contributed by atoms with Gasteiger partial charge in [-0.3, -0.25) is 5.32 Å². The first-order valence-electron chi connectivity index (χ1n) is 5.93. The average molecular weight is 252 g/mol. The average Bonchev–Trinajstić information content (AvgIpc) is 2.29. The van der Waals surface area contributed by atoms with Crippen molar-refractivity contribution in [3.8, 4) is 5.75 Å². The number of carbonyl (C=O) groups is 1. The van der Waals surface area contributed by atoms with Crippen LogP contribution in [0, 0.1) is 0 Å². The van der Waals surface area contributed by atoms with Crippen molar-refractivity contribution in [3.05, 3.63) is 24.3 Å². The van der Waals surface area contributed by atoms with Crippen molar-refractivity contribution in [1.29, 1.82) is 0 Å². The van der Waals surface area contributed by atoms with Crippen molar-refractivity contribution in [1.82, 2.24) is 4.90 Å². The summed E-state index contributed by atoms with van der Waals surface area (Å²) in [7, 11) is 3.85. The third-order valence-electron chi connectivity index (χ3n) is 2.16. The van der Waals surface area contributed by atoms with E-state index in [2.05, 4.69) is 5.32 Å². The van der Waals surface area contributed by atoms with Crippen molar-refractivity contribution in [2.24, 2.45) is 0 Å². The number of ether oxygens (including phenoxy) is 2. The molecule has 18 heavy (non-hydrogen) atoms. The topological polar surface area (TPSA) is 50.8 Å². The predicted octanol–water partition coefficient (Wildman–Crippen LogP) is 2.20. The molecule has 0 aliphatic carbocycles. The number of anilines is 1. The van der Waals surface area contributed by atoms with E-state index >= 15 is 0 Å². The molecule has 5 nitrogen and oxygen atoms in total. The van der Waals surface area contributed by atoms with Crippen LogP contribution in [0.15, 0.2) is 24.3 Å². The molecule has 0 aromatic heterocycles. The Morgan fingerprint density at radius 3 is 2.83 bits per heavy atom. The Morgan fingerprint density at radius 2 is 2.17 bits per heavy atom. The van der Waals surface area contributed by atoms with Crippen molar-refractivity contribution >= 4 is 11.8 Å². The van der Waals surface area contributed by atoms with E-state index in [4.69, 9.17) is 9.47 Å². The van der Waals surface area contributed by atoms with Crippen molar-refractivity contribution in [2.75, 3.05) is 39.2 Å². The molecule has 1 rings (SSSR count). The molecule has 0 saturated heterocycles. The van der Waals surface area contributed by atoms with Gasteiger partial charge < -0.3 is 14.4 Å². The van der Waals surface area contributed by atoms with Crippen molar-refractivity contribution < 1.29 is 14.3 Å². The number of likely N-dealkylation sites (N-methyl/N-ethyl adjacent to an activating group) is 1. The first-order valence-corrected chi connectivity index (χ1v) is 5.93. The lowest BCUT2D eigenvalue weighted by Gasteiger charge is -2.11. The van der Waals surface area contributed by atoms with E-state index in [0.717, 1.165) is 5.75 Å². The molecule has 0 aliphatic heterocycles. The molecule has 0 heterocycles. The van der Waals surface area contributed by atoms with Crippen LogP contribution in [0.1, 0.15) is 6.92 Å². The molecule has 1 N–H and O–H groups in total. The highest BCUT2D eigenvalue weighted by molar-refractivity contribution is 5.84. The highest BCUT2D eigenvalue weighted by atomic mass is 16.5. The van der Waals surface area contributed by atoms with Gasteiger partial charge in [0.1, 0.15) is 12.4 Å². The summed E-state index contributed by atoms with van der Waals surface area (Å²) in [6.45, 7) is 3.57. The lowest BCUT2D eigenvalue weighted by atomic mass is 10.3. The van der Waals surface area contributed by atoms with Crippen LogP contribution in [-0.4, -0.2) is 44.8 Å². The van der Waals surface area contributed by atoms with Crippen LogP contribution < -0.4 is 10.1 Å². The minimum absolute atomic E-state index is 0.365. The van der Waals surface area contributed by atoms with Crippen LogP contribution in [0.5, 0.6) is 5.75 Å². The molecule has 1 aromatic carbocycles. The summed E-state index contributed by atoms with van der Waals surface area (Å²) in [6.07, 6.45) is -0.453. The SMILES string of the molecule is CCOc1cccc(NC(=O)OCCN(C)C)c1. The molecule has 0 saturated carbocycles. The number of hydrogen-bond acceptors (Lipinski definition) is 4. The van der Waals surface area contributed by atoms with E-state index in [9.17, 15) is 4.79 Å². The molecular formula is C13H20N2O3. The summed E-state index contributed by atoms with van der Waals surface area (Å²) in [6, 6.07) is 7.21. The maximum absolute atomic E-state index is 11.5. The summed E-state index contributed by atoms with van der Waals surface area (Å²) in [5.74, 6) is 0.726. The van der Waals surface area contributed by atoms with Gasteiger partial charge in [0.25, 0.3) is 0 Å². The van der Waals surface area contributed by atoms with Crippen LogP contribution in [-0.2, 0) is 4.74 Å². The number of benzene rings is 1. The Kier molecular flexibility index (Phi) is 6.00. The zero-order valence-electron chi connectivity index (χ0n) is 11.1. The van der Waals surface area contributed by atoms with Crippen LogP contribution in [0.2, 0.25) is 0 Å². The Bertz CT molecular complexity index is 380. The van der Waals surface area contributed by atoms with Gasteiger partial charge in [-0.15, -0.1) is 0 Å². The molecule has 1 aromatic rings. The number of nitrogens with one attached hydrogen (secondary N) is 1. The normalized spacial score (nSPS) is 10.2. The first kappa shape index (κ1) is 14.3. The molecule has 0 aliphatic rings. The summed E-state index contributed by atoms with van der Waals surface area (Å²) in [5.41, 5.74) is 0.663. The van der Waals surface area contributed by atoms with Crippen LogP contribution in [0.25, 0.3) is 0 Å². The van der Waals surface area contributed by atoms with Crippen LogP contribution >= 0.6 is 0 Å². The zero-order valence-corrected chi connectivity index (χ0v) is 11.1. The number of nitrogens with zero attached hydrogens (tertiary/aromatic N) is 1. The minimum atomic E-state index is -0.453. The van der Waals surface area contributed by atoms with Gasteiger partial charge in [0.05, 0.1) is 6.61 Å². The molecule has 5 heteroatoms. The van der Waals surface area contributed by atoms with E-state index in [1.54, 1.807) is 12.1 Å². The third-order valence-corrected chi connectivity index (χ3v) is 2.16. The second kappa shape index (κ2) is 7.55. The molecule has 1 amide bonds. The van der Waals surface area contributed by atoms with Gasteiger partial charge in [-0.1, -0.05) is 6.07 Å². The van der Waals surface area contributed by atoms with E-state index in [0.29, 0.717) is 25.4 Å². The maximum Gasteiger partial charge on any atom is 0.411 e. The molecule has 0 fully saturated rings. The molecule has 0 spiro atoms. The summed E-state index contributed by atoms with van der Waals surface area (Å²) >= 11 is 0. The minimum Gasteiger partial charge on any atom is -0.494 e. The highest BCUT2D eigenvalue weighted by Gasteiger charge is 2.04. The molecular weight excluding hydrogens is 232 g/mol. The second-order valence-corrected chi connectivity index (χ2v) is 4.03. The third kappa shape index (κ3) is 5.54. The largest absolute Gasteiger partial charge is 0.494 e. The monoisotopic (exact) mass is 252 g/mol. The first-order chi connectivity index (χ1) is 8.61. The number of amides is 1. The van der Waals surface area contributed by atoms with Crippen molar-refractivity contribution in [3.63, 3.8) is 0 Å². The van der Waals surface area contributed by atoms with Crippen molar-refractivity contribution in [2.45, 2.75) is 6.92 Å². The number of carbonyl (C=O) groups excluding carboxylic acids is 1. The summed E-state index contributed by atoms with van der Waals surface area (Å²) < 4.78 is 10.4. The summed E-state index contributed by atoms with van der Waals surface area (Å²) in [4.78, 5) is 13.4. The van der Waals surface area contributed by atoms with Gasteiger partial charge in [-0.05, 0) is 33.2 Å². The van der Waals surface area contributed by atoms with Gasteiger partial charge in [0.2, 0.25) is 0 Å². The molecule has 0 bridgehead atoms. The highest BCUT2D eigenvalue weighted by Crippen LogP contribution is 2.17. The van der Waals surface area contributed by atoms with E-state index in [1.165, 1.54) is 0 Å². The van der Waals surface area contributed by atoms with Gasteiger partial charge in [0.15, 0.2) is 0 Å². The molecule has 100 valence electrons. The lowest BCUT2D eigenvalue weighted by Crippen LogP contribution is -2.22. The zero-order chi connectivity index (χ0) is 13.4. The maximum atomic E-state index is 11.5. The molecule has 0 atom stereocenters. The Hall–Kier alpha value is -1.75. The van der Waals surface area contributed by atoms with Gasteiger partial charge >= 0.3 is 6.09 Å². The van der Waals surface area contributed by atoms with E-state index < -0.39 is 6.09 Å². The van der Waals surface area contributed by atoms with Gasteiger partial charge in [0, 0.05) is 18.3 Å². The quantitative estimate of drug-likeness (QED) is 0.843. The smallest absolute Gasteiger partial charge is 0.411 e. The number of rotatable bonds is 6. The Balaban J connectivity index is 2.41. The fourth-order valence-electron chi connectivity index (χ4n) is 1.31. The predicted molar refractivity (Wildman–Crippen MR) is 71.1 cm³/mol. The van der Waals surface area contributed by atoms with Gasteiger partial charge in [-0.2, -0.15) is 0 Å². The fraction of sp³-hybridized carbons (Fsp3) is 0.462. The summed E-state index contributed by atoms with van der Waals surface area (Å²) in [5, 5.41) is 2.65. The standard InChI is InChI=1S/C13H20N2O3/c1-4-17-12-7-5-6-11(10-12)14-13(16)18-9-8-15(2)3/h5-7,10H,4,8-9H2,1-3H3,(H,14,16). The fourth-order valence-corrected chi connectivity index (χ4v) is 1.31. The second-order valence-electron chi connectivity index (χ2n) is 4.03. The van der Waals surface area contributed by atoms with E-state index in [-0.39, 0.29) is 0 Å². The van der Waals surface area contributed by atoms with Gasteiger partial charge in [-0.25, -0.2) is 4.79 Å². The Morgan fingerprint density at radius 1 is 1.39 bits per heavy atom. The van der Waals surface area contributed by atoms with Crippen LogP contribution in [0.3, 0.4) is 0 Å². The number of hydrogen-bond donors (Lipinski definition) is 1. The lowest BCUT2D eigenvalue weighted by molar-refractivity contribution is 0.151. The molecule has 0 radical (unpaired) electrons. The Labute approximate surface area is 108 Å². The van der Waals surface area contributed by atoms with Crippen LogP contribution in [0.4, 0.5) is 10.5 Å².